The van der Waals surface area contributed by atoms with Crippen molar-refractivity contribution in [3.05, 3.63) is 47.8 Å². The average molecular weight is 251 g/mol. The second kappa shape index (κ2) is 5.45. The molecule has 1 N–H and O–H groups in total. The summed E-state index contributed by atoms with van der Waals surface area (Å²) >= 11 is 5.81. The molecular formula is C11H11ClN4O. The first-order valence-corrected chi connectivity index (χ1v) is 5.49. The smallest absolute Gasteiger partial charge is 0.254 e. The Kier molecular flexibility index (Phi) is 3.72. The van der Waals surface area contributed by atoms with Crippen LogP contribution in [0.2, 0.25) is 5.15 Å². The number of hydrogen-bond donors (Lipinski definition) is 1. The number of nitrogens with one attached hydrogen (secondary N) is 1. The van der Waals surface area contributed by atoms with Crippen molar-refractivity contribution in [1.29, 1.82) is 0 Å². The Balaban J connectivity index is 1.88. The molecule has 2 rings (SSSR count). The second-order valence-electron chi connectivity index (χ2n) is 3.40. The van der Waals surface area contributed by atoms with E-state index in [2.05, 4.69) is 15.3 Å². The number of carbonyl (C=O) groups is 1. The van der Waals surface area contributed by atoms with Crippen molar-refractivity contribution in [2.45, 2.75) is 6.54 Å². The number of imidazole rings is 1. The zero-order valence-electron chi connectivity index (χ0n) is 9.01. The Morgan fingerprint density at radius 3 is 3.06 bits per heavy atom. The number of rotatable bonds is 4. The zero-order chi connectivity index (χ0) is 12.1. The summed E-state index contributed by atoms with van der Waals surface area (Å²) in [5.74, 6) is -0.219. The van der Waals surface area contributed by atoms with Crippen LogP contribution < -0.4 is 5.32 Å². The summed E-state index contributed by atoms with van der Waals surface area (Å²) in [6.45, 7) is 1.18. The summed E-state index contributed by atoms with van der Waals surface area (Å²) in [5.41, 5.74) is 0.389. The Labute approximate surface area is 103 Å². The van der Waals surface area contributed by atoms with E-state index in [9.17, 15) is 4.79 Å². The van der Waals surface area contributed by atoms with E-state index in [1.807, 2.05) is 10.8 Å². The average Bonchev–Trinajstić information content (AvgIpc) is 2.82. The minimum atomic E-state index is -0.219. The van der Waals surface area contributed by atoms with Gasteiger partial charge in [0.25, 0.3) is 5.91 Å². The fourth-order valence-electron chi connectivity index (χ4n) is 1.37. The Bertz CT molecular complexity index is 498. The summed E-state index contributed by atoms with van der Waals surface area (Å²) < 4.78 is 1.88. The van der Waals surface area contributed by atoms with Crippen LogP contribution in [0.25, 0.3) is 0 Å². The van der Waals surface area contributed by atoms with Gasteiger partial charge in [0.05, 0.1) is 11.9 Å². The number of aromatic nitrogens is 3. The zero-order valence-corrected chi connectivity index (χ0v) is 9.76. The fourth-order valence-corrected chi connectivity index (χ4v) is 1.57. The fraction of sp³-hybridized carbons (Fsp3) is 0.182. The van der Waals surface area contributed by atoms with Crippen LogP contribution in [0.1, 0.15) is 10.4 Å². The number of amides is 1. The van der Waals surface area contributed by atoms with Gasteiger partial charge in [-0.15, -0.1) is 0 Å². The summed E-state index contributed by atoms with van der Waals surface area (Å²) in [5, 5.41) is 2.98. The minimum Gasteiger partial charge on any atom is -0.350 e. The van der Waals surface area contributed by atoms with Crippen molar-refractivity contribution in [3.63, 3.8) is 0 Å². The van der Waals surface area contributed by atoms with E-state index < -0.39 is 0 Å². The molecule has 17 heavy (non-hydrogen) atoms. The van der Waals surface area contributed by atoms with E-state index in [1.165, 1.54) is 0 Å². The lowest BCUT2D eigenvalue weighted by molar-refractivity contribution is 0.0952. The molecule has 0 bridgehead atoms. The first-order chi connectivity index (χ1) is 8.27. The van der Waals surface area contributed by atoms with E-state index in [0.29, 0.717) is 18.7 Å². The molecule has 6 heteroatoms. The summed E-state index contributed by atoms with van der Waals surface area (Å²) in [6, 6.07) is 3.32. The summed E-state index contributed by atoms with van der Waals surface area (Å²) in [4.78, 5) is 19.5. The molecule has 0 spiro atoms. The van der Waals surface area contributed by atoms with Crippen molar-refractivity contribution in [2.24, 2.45) is 0 Å². The highest BCUT2D eigenvalue weighted by Crippen LogP contribution is 2.10. The van der Waals surface area contributed by atoms with Gasteiger partial charge in [0, 0.05) is 31.7 Å². The van der Waals surface area contributed by atoms with Gasteiger partial charge in [0.2, 0.25) is 0 Å². The Morgan fingerprint density at radius 2 is 2.35 bits per heavy atom. The van der Waals surface area contributed by atoms with Gasteiger partial charge in [-0.2, -0.15) is 0 Å². The van der Waals surface area contributed by atoms with E-state index in [-0.39, 0.29) is 11.1 Å². The molecule has 2 heterocycles. The van der Waals surface area contributed by atoms with Crippen molar-refractivity contribution >= 4 is 17.5 Å². The number of hydrogen-bond acceptors (Lipinski definition) is 3. The van der Waals surface area contributed by atoms with Gasteiger partial charge in [-0.25, -0.2) is 9.97 Å². The molecule has 0 atom stereocenters. The third-order valence-electron chi connectivity index (χ3n) is 2.22. The highest BCUT2D eigenvalue weighted by atomic mass is 35.5. The predicted molar refractivity (Wildman–Crippen MR) is 63.8 cm³/mol. The maximum Gasteiger partial charge on any atom is 0.254 e. The van der Waals surface area contributed by atoms with Gasteiger partial charge in [0.1, 0.15) is 5.15 Å². The molecule has 5 nitrogen and oxygen atoms in total. The standard InChI is InChI=1S/C11H11ClN4O/c12-10-9(2-1-3-14-10)11(17)15-5-7-16-6-4-13-8-16/h1-4,6,8H,5,7H2,(H,15,17). The quantitative estimate of drug-likeness (QED) is 0.834. The third kappa shape index (κ3) is 3.04. The van der Waals surface area contributed by atoms with Gasteiger partial charge in [-0.3, -0.25) is 4.79 Å². The molecule has 0 aliphatic rings. The largest absolute Gasteiger partial charge is 0.350 e. The van der Waals surface area contributed by atoms with Gasteiger partial charge in [0.15, 0.2) is 0 Å². The number of carbonyl (C=O) groups excluding carboxylic acids is 1. The highest BCUT2D eigenvalue weighted by Gasteiger charge is 2.09. The minimum absolute atomic E-state index is 0.215. The van der Waals surface area contributed by atoms with Crippen LogP contribution in [0, 0.1) is 0 Å². The van der Waals surface area contributed by atoms with Crippen molar-refractivity contribution in [2.75, 3.05) is 6.54 Å². The van der Waals surface area contributed by atoms with Crippen molar-refractivity contribution in [1.82, 2.24) is 19.9 Å². The van der Waals surface area contributed by atoms with Crippen molar-refractivity contribution in [3.8, 4) is 0 Å². The Hall–Kier alpha value is -1.88. The van der Waals surface area contributed by atoms with Crippen LogP contribution in [0.15, 0.2) is 37.1 Å². The second-order valence-corrected chi connectivity index (χ2v) is 3.76. The predicted octanol–water partition coefficient (Wildman–Crippen LogP) is 1.36. The summed E-state index contributed by atoms with van der Waals surface area (Å²) in [6.07, 6.45) is 6.77. The SMILES string of the molecule is O=C(NCCn1ccnc1)c1cccnc1Cl. The highest BCUT2D eigenvalue weighted by molar-refractivity contribution is 6.32. The molecule has 0 saturated heterocycles. The topological polar surface area (TPSA) is 59.8 Å². The van der Waals surface area contributed by atoms with Crippen LogP contribution in [-0.4, -0.2) is 27.0 Å². The lowest BCUT2D eigenvalue weighted by Gasteiger charge is -2.06. The molecule has 1 amide bonds. The van der Waals surface area contributed by atoms with Crippen LogP contribution in [0.4, 0.5) is 0 Å². The first kappa shape index (κ1) is 11.6. The normalized spacial score (nSPS) is 10.2. The van der Waals surface area contributed by atoms with Crippen LogP contribution in [0.3, 0.4) is 0 Å². The van der Waals surface area contributed by atoms with Gasteiger partial charge in [-0.05, 0) is 12.1 Å². The molecule has 0 unspecified atom stereocenters. The van der Waals surface area contributed by atoms with E-state index >= 15 is 0 Å². The molecule has 2 aromatic heterocycles. The van der Waals surface area contributed by atoms with E-state index in [1.54, 1.807) is 30.9 Å². The lowest BCUT2D eigenvalue weighted by atomic mass is 10.2. The lowest BCUT2D eigenvalue weighted by Crippen LogP contribution is -2.27. The molecule has 0 aliphatic heterocycles. The monoisotopic (exact) mass is 250 g/mol. The molecule has 2 aromatic rings. The van der Waals surface area contributed by atoms with Crippen LogP contribution >= 0.6 is 11.6 Å². The van der Waals surface area contributed by atoms with Gasteiger partial charge in [-0.1, -0.05) is 11.6 Å². The molecule has 0 aliphatic carbocycles. The van der Waals surface area contributed by atoms with Crippen molar-refractivity contribution < 1.29 is 4.79 Å². The summed E-state index contributed by atoms with van der Waals surface area (Å²) in [7, 11) is 0. The van der Waals surface area contributed by atoms with Gasteiger partial charge >= 0.3 is 0 Å². The van der Waals surface area contributed by atoms with Crippen LogP contribution in [-0.2, 0) is 6.54 Å². The molecule has 0 fully saturated rings. The van der Waals surface area contributed by atoms with Crippen LogP contribution in [0.5, 0.6) is 0 Å². The number of halogens is 1. The molecule has 0 saturated carbocycles. The Morgan fingerprint density at radius 1 is 1.47 bits per heavy atom. The first-order valence-electron chi connectivity index (χ1n) is 5.12. The number of pyridine rings is 1. The van der Waals surface area contributed by atoms with E-state index in [4.69, 9.17) is 11.6 Å². The number of nitrogens with zero attached hydrogens (tertiary/aromatic N) is 3. The molecular weight excluding hydrogens is 240 g/mol. The molecule has 0 aromatic carbocycles. The molecule has 88 valence electrons. The maximum absolute atomic E-state index is 11.7. The third-order valence-corrected chi connectivity index (χ3v) is 2.52. The van der Waals surface area contributed by atoms with Gasteiger partial charge < -0.3 is 9.88 Å². The maximum atomic E-state index is 11.7. The van der Waals surface area contributed by atoms with E-state index in [0.717, 1.165) is 0 Å². The molecule has 0 radical (unpaired) electrons.